The molecule has 156 valence electrons. The first kappa shape index (κ1) is 20.8. The van der Waals surface area contributed by atoms with E-state index in [1.165, 1.54) is 31.5 Å². The summed E-state index contributed by atoms with van der Waals surface area (Å²) >= 11 is 11.3. The summed E-state index contributed by atoms with van der Waals surface area (Å²) in [6.45, 7) is 3.95. The quantitative estimate of drug-likeness (QED) is 0.540. The van der Waals surface area contributed by atoms with Crippen molar-refractivity contribution in [3.63, 3.8) is 0 Å². The molecule has 2 N–H and O–H groups in total. The van der Waals surface area contributed by atoms with Crippen LogP contribution in [0.1, 0.15) is 24.0 Å². The molecule has 0 spiro atoms. The van der Waals surface area contributed by atoms with Crippen LogP contribution in [-0.2, 0) is 24.4 Å². The zero-order valence-corrected chi connectivity index (χ0v) is 18.2. The first-order valence-electron chi connectivity index (χ1n) is 10.1. The van der Waals surface area contributed by atoms with Gasteiger partial charge in [0.1, 0.15) is 6.54 Å². The van der Waals surface area contributed by atoms with Crippen LogP contribution in [0.5, 0.6) is 0 Å². The summed E-state index contributed by atoms with van der Waals surface area (Å²) in [5.41, 5.74) is 3.22. The minimum Gasteiger partial charge on any atom is -0.350 e. The number of carbonyl (C=O) groups is 1. The van der Waals surface area contributed by atoms with Gasteiger partial charge in [0.2, 0.25) is 5.91 Å². The van der Waals surface area contributed by atoms with E-state index in [1.807, 2.05) is 12.1 Å². The minimum atomic E-state index is -0.121. The van der Waals surface area contributed by atoms with Gasteiger partial charge < -0.3 is 5.32 Å². The van der Waals surface area contributed by atoms with Crippen molar-refractivity contribution in [2.45, 2.75) is 32.5 Å². The number of halogens is 1. The normalized spacial score (nSPS) is 14.2. The molecule has 0 atom stereocenters. The van der Waals surface area contributed by atoms with Crippen LogP contribution in [0.3, 0.4) is 0 Å². The van der Waals surface area contributed by atoms with E-state index in [9.17, 15) is 4.79 Å². The van der Waals surface area contributed by atoms with Gasteiger partial charge >= 0.3 is 0 Å². The Labute approximate surface area is 185 Å². The van der Waals surface area contributed by atoms with Gasteiger partial charge in [-0.05, 0) is 73.5 Å². The maximum atomic E-state index is 12.5. The van der Waals surface area contributed by atoms with Gasteiger partial charge in [0.25, 0.3) is 0 Å². The summed E-state index contributed by atoms with van der Waals surface area (Å²) in [5, 5.41) is 10.6. The van der Waals surface area contributed by atoms with Crippen LogP contribution in [0, 0.1) is 4.77 Å². The molecule has 0 unspecified atom stereocenters. The average molecular weight is 442 g/mol. The van der Waals surface area contributed by atoms with E-state index in [-0.39, 0.29) is 12.5 Å². The molecule has 8 heteroatoms. The van der Waals surface area contributed by atoms with Gasteiger partial charge in [-0.2, -0.15) is 5.10 Å². The number of carbonyl (C=O) groups excluding carboxylic acids is 1. The molecule has 1 fully saturated rings. The van der Waals surface area contributed by atoms with Crippen molar-refractivity contribution in [1.29, 1.82) is 0 Å². The third-order valence-electron chi connectivity index (χ3n) is 5.28. The number of aromatic amines is 1. The molecule has 3 aromatic rings. The Morgan fingerprint density at radius 1 is 1.07 bits per heavy atom. The van der Waals surface area contributed by atoms with Crippen LogP contribution in [0.4, 0.5) is 0 Å². The molecule has 6 nitrogen and oxygen atoms in total. The molecule has 1 saturated heterocycles. The van der Waals surface area contributed by atoms with Crippen molar-refractivity contribution in [2.75, 3.05) is 13.1 Å². The van der Waals surface area contributed by atoms with E-state index in [0.717, 1.165) is 17.7 Å². The van der Waals surface area contributed by atoms with Gasteiger partial charge in [-0.15, -0.1) is 0 Å². The van der Waals surface area contributed by atoms with Crippen molar-refractivity contribution >= 4 is 29.7 Å². The van der Waals surface area contributed by atoms with Gasteiger partial charge in [-0.1, -0.05) is 35.9 Å². The Bertz CT molecular complexity index is 1050. The Morgan fingerprint density at radius 2 is 1.73 bits per heavy atom. The highest BCUT2D eigenvalue weighted by molar-refractivity contribution is 7.71. The van der Waals surface area contributed by atoms with Crippen molar-refractivity contribution < 1.29 is 4.79 Å². The number of hydrogen-bond donors (Lipinski definition) is 2. The highest BCUT2D eigenvalue weighted by Crippen LogP contribution is 2.20. The second-order valence-electron chi connectivity index (χ2n) is 7.52. The molecule has 2 aromatic carbocycles. The molecule has 0 aliphatic carbocycles. The minimum absolute atomic E-state index is 0.0976. The Hall–Kier alpha value is -2.48. The summed E-state index contributed by atoms with van der Waals surface area (Å²) in [6.07, 6.45) is 2.59. The standard InChI is InChI=1S/C22H24ClN5OS/c23-19-9-7-18(8-10-19)21-25-26-22(30)28(21)15-20(29)24-13-16-3-5-17(6-4-16)14-27-11-1-2-12-27/h3-10H,1-2,11-15H2,(H,24,29)(H,26,30). The number of rotatable bonds is 7. The lowest BCUT2D eigenvalue weighted by Crippen LogP contribution is -2.27. The molecular formula is C22H24ClN5OS. The molecular weight excluding hydrogens is 418 g/mol. The molecule has 30 heavy (non-hydrogen) atoms. The molecule has 4 rings (SSSR count). The molecule has 2 heterocycles. The first-order valence-corrected chi connectivity index (χ1v) is 10.8. The third-order valence-corrected chi connectivity index (χ3v) is 5.84. The molecule has 1 amide bonds. The number of nitrogens with zero attached hydrogens (tertiary/aromatic N) is 3. The maximum absolute atomic E-state index is 12.5. The number of benzene rings is 2. The summed E-state index contributed by atoms with van der Waals surface area (Å²) in [7, 11) is 0. The highest BCUT2D eigenvalue weighted by Gasteiger charge is 2.13. The second-order valence-corrected chi connectivity index (χ2v) is 8.35. The van der Waals surface area contributed by atoms with Crippen molar-refractivity contribution in [3.8, 4) is 11.4 Å². The summed E-state index contributed by atoms with van der Waals surface area (Å²) in [6, 6.07) is 15.7. The molecule has 0 saturated carbocycles. The number of amides is 1. The fourth-order valence-corrected chi connectivity index (χ4v) is 3.97. The van der Waals surface area contributed by atoms with Crippen LogP contribution in [0.15, 0.2) is 48.5 Å². The van der Waals surface area contributed by atoms with Crippen LogP contribution in [0.25, 0.3) is 11.4 Å². The molecule has 1 aliphatic rings. The van der Waals surface area contributed by atoms with Gasteiger partial charge in [0.05, 0.1) is 0 Å². The highest BCUT2D eigenvalue weighted by atomic mass is 35.5. The van der Waals surface area contributed by atoms with E-state index in [0.29, 0.717) is 22.2 Å². The number of H-pyrrole nitrogens is 1. The SMILES string of the molecule is O=C(Cn1c(-c2ccc(Cl)cc2)n[nH]c1=S)NCc1ccc(CN2CCCC2)cc1. The Morgan fingerprint density at radius 3 is 2.43 bits per heavy atom. The molecule has 0 radical (unpaired) electrons. The van der Waals surface area contributed by atoms with E-state index in [1.54, 1.807) is 16.7 Å². The topological polar surface area (TPSA) is 66.0 Å². The van der Waals surface area contributed by atoms with E-state index in [4.69, 9.17) is 23.8 Å². The number of hydrogen-bond acceptors (Lipinski definition) is 4. The van der Waals surface area contributed by atoms with Crippen LogP contribution < -0.4 is 5.32 Å². The fraction of sp³-hybridized carbons (Fsp3) is 0.318. The Balaban J connectivity index is 1.34. The molecule has 1 aliphatic heterocycles. The van der Waals surface area contributed by atoms with E-state index >= 15 is 0 Å². The van der Waals surface area contributed by atoms with Crippen LogP contribution in [0.2, 0.25) is 5.02 Å². The first-order chi connectivity index (χ1) is 14.6. The summed E-state index contributed by atoms with van der Waals surface area (Å²) in [5.74, 6) is 0.488. The summed E-state index contributed by atoms with van der Waals surface area (Å²) in [4.78, 5) is 15.0. The largest absolute Gasteiger partial charge is 0.350 e. The zero-order chi connectivity index (χ0) is 20.9. The van der Waals surface area contributed by atoms with E-state index in [2.05, 4.69) is 44.7 Å². The Kier molecular flexibility index (Phi) is 6.62. The summed E-state index contributed by atoms with van der Waals surface area (Å²) < 4.78 is 2.09. The van der Waals surface area contributed by atoms with Gasteiger partial charge in [0.15, 0.2) is 10.6 Å². The molecule has 0 bridgehead atoms. The van der Waals surface area contributed by atoms with Gasteiger partial charge in [-0.3, -0.25) is 19.4 Å². The number of likely N-dealkylation sites (tertiary alicyclic amines) is 1. The third kappa shape index (κ3) is 5.16. The molecule has 1 aromatic heterocycles. The smallest absolute Gasteiger partial charge is 0.240 e. The zero-order valence-electron chi connectivity index (χ0n) is 16.6. The van der Waals surface area contributed by atoms with Gasteiger partial charge in [0, 0.05) is 23.7 Å². The predicted molar refractivity (Wildman–Crippen MR) is 121 cm³/mol. The van der Waals surface area contributed by atoms with E-state index < -0.39 is 0 Å². The lowest BCUT2D eigenvalue weighted by Gasteiger charge is -2.14. The fourth-order valence-electron chi connectivity index (χ4n) is 3.65. The van der Waals surface area contributed by atoms with Gasteiger partial charge in [-0.25, -0.2) is 0 Å². The monoisotopic (exact) mass is 441 g/mol. The van der Waals surface area contributed by atoms with Crippen molar-refractivity contribution in [1.82, 2.24) is 25.0 Å². The second kappa shape index (κ2) is 9.55. The number of nitrogens with one attached hydrogen (secondary N) is 2. The van der Waals surface area contributed by atoms with Crippen LogP contribution >= 0.6 is 23.8 Å². The van der Waals surface area contributed by atoms with Crippen molar-refractivity contribution in [2.24, 2.45) is 0 Å². The van der Waals surface area contributed by atoms with Crippen molar-refractivity contribution in [3.05, 3.63) is 69.5 Å². The average Bonchev–Trinajstić information content (AvgIpc) is 3.39. The van der Waals surface area contributed by atoms with Crippen LogP contribution in [-0.4, -0.2) is 38.7 Å². The lowest BCUT2D eigenvalue weighted by molar-refractivity contribution is -0.121. The number of aromatic nitrogens is 3. The maximum Gasteiger partial charge on any atom is 0.240 e. The lowest BCUT2D eigenvalue weighted by atomic mass is 10.1. The predicted octanol–water partition coefficient (Wildman–Crippen LogP) is 4.17.